The predicted octanol–water partition coefficient (Wildman–Crippen LogP) is 1.54. The first-order valence-corrected chi connectivity index (χ1v) is 8.58. The van der Waals surface area contributed by atoms with Gasteiger partial charge >= 0.3 is 0 Å². The van der Waals surface area contributed by atoms with Crippen molar-refractivity contribution in [3.05, 3.63) is 29.6 Å². The molecule has 130 valence electrons. The van der Waals surface area contributed by atoms with Gasteiger partial charge in [-0.15, -0.1) is 0 Å². The molecule has 0 saturated carbocycles. The zero-order valence-electron chi connectivity index (χ0n) is 13.8. The Morgan fingerprint density at radius 3 is 3.17 bits per heavy atom. The summed E-state index contributed by atoms with van der Waals surface area (Å²) in [7, 11) is 0. The van der Waals surface area contributed by atoms with E-state index >= 15 is 0 Å². The number of ether oxygens (including phenoxy) is 1. The van der Waals surface area contributed by atoms with Crippen molar-refractivity contribution in [2.75, 3.05) is 31.6 Å². The second kappa shape index (κ2) is 5.79. The van der Waals surface area contributed by atoms with Gasteiger partial charge in [0, 0.05) is 42.8 Å². The van der Waals surface area contributed by atoms with Crippen LogP contribution in [0.5, 0.6) is 0 Å². The molecule has 1 aromatic rings. The van der Waals surface area contributed by atoms with E-state index in [1.807, 2.05) is 0 Å². The fourth-order valence-corrected chi connectivity index (χ4v) is 4.79. The van der Waals surface area contributed by atoms with Gasteiger partial charge in [0.15, 0.2) is 0 Å². The molecule has 6 heteroatoms. The van der Waals surface area contributed by atoms with E-state index in [2.05, 4.69) is 10.2 Å². The molecule has 4 atom stereocenters. The minimum Gasteiger partial charge on any atom is -0.396 e. The number of aliphatic hydroxyl groups excluding tert-OH is 1. The van der Waals surface area contributed by atoms with Gasteiger partial charge in [0.1, 0.15) is 5.82 Å². The number of halogens is 1. The maximum Gasteiger partial charge on any atom is 0.238 e. The molecule has 4 rings (SSSR count). The summed E-state index contributed by atoms with van der Waals surface area (Å²) in [5.74, 6) is 0.0379. The maximum atomic E-state index is 13.6. The lowest BCUT2D eigenvalue weighted by atomic mass is 9.74. The summed E-state index contributed by atoms with van der Waals surface area (Å²) in [5.41, 5.74) is 0.792. The van der Waals surface area contributed by atoms with Crippen molar-refractivity contribution in [2.45, 2.75) is 31.5 Å². The monoisotopic (exact) mass is 334 g/mol. The predicted molar refractivity (Wildman–Crippen MR) is 87.1 cm³/mol. The number of benzene rings is 1. The standard InChI is InChI=1S/C18H23FN2O3/c1-11-14(19)3-2-4-15(11)20-17(23)8-21-7-13-12(9-22)16-5-6-18(13,10-21)24-16/h2-4,12-13,16,22H,5-10H2,1H3,(H,20,23)/t12-,13+,16+,18+/m0/s1. The Morgan fingerprint density at radius 2 is 2.38 bits per heavy atom. The molecule has 1 amide bonds. The van der Waals surface area contributed by atoms with Crippen LogP contribution in [0.15, 0.2) is 18.2 Å². The molecular weight excluding hydrogens is 311 g/mol. The summed E-state index contributed by atoms with van der Waals surface area (Å²) >= 11 is 0. The van der Waals surface area contributed by atoms with Crippen LogP contribution < -0.4 is 5.32 Å². The van der Waals surface area contributed by atoms with Gasteiger partial charge in [0.05, 0.1) is 18.2 Å². The molecule has 3 aliphatic heterocycles. The molecule has 0 aromatic heterocycles. The fourth-order valence-electron chi connectivity index (χ4n) is 4.79. The van der Waals surface area contributed by atoms with Crippen LogP contribution >= 0.6 is 0 Å². The van der Waals surface area contributed by atoms with E-state index in [1.54, 1.807) is 19.1 Å². The normalized spacial score (nSPS) is 34.5. The first kappa shape index (κ1) is 16.0. The molecule has 0 unspecified atom stereocenters. The van der Waals surface area contributed by atoms with Crippen molar-refractivity contribution in [2.24, 2.45) is 11.8 Å². The van der Waals surface area contributed by atoms with Gasteiger partial charge < -0.3 is 15.2 Å². The lowest BCUT2D eigenvalue weighted by Crippen LogP contribution is -2.38. The number of fused-ring (bicyclic) bond motifs is 1. The van der Waals surface area contributed by atoms with Crippen LogP contribution in [0, 0.1) is 24.6 Å². The van der Waals surface area contributed by atoms with Crippen LogP contribution in [-0.4, -0.2) is 53.9 Å². The van der Waals surface area contributed by atoms with Crippen LogP contribution in [-0.2, 0) is 9.53 Å². The number of carbonyl (C=O) groups is 1. The van der Waals surface area contributed by atoms with Crippen molar-refractivity contribution < 1.29 is 19.0 Å². The van der Waals surface area contributed by atoms with Crippen molar-refractivity contribution in [1.82, 2.24) is 4.90 Å². The average molecular weight is 334 g/mol. The Balaban J connectivity index is 1.40. The van der Waals surface area contributed by atoms with Crippen LogP contribution in [0.3, 0.4) is 0 Å². The minimum absolute atomic E-state index is 0.143. The van der Waals surface area contributed by atoms with E-state index in [0.29, 0.717) is 17.2 Å². The smallest absolute Gasteiger partial charge is 0.238 e. The SMILES string of the molecule is Cc1c(F)cccc1NC(=O)CN1C[C@@H]2[C@H](CO)[C@H]3CC[C@]2(C1)O3. The van der Waals surface area contributed by atoms with E-state index in [9.17, 15) is 14.3 Å². The number of carbonyl (C=O) groups excluding carboxylic acids is 1. The Morgan fingerprint density at radius 1 is 1.54 bits per heavy atom. The van der Waals surface area contributed by atoms with Crippen molar-refractivity contribution >= 4 is 11.6 Å². The second-order valence-corrected chi connectivity index (χ2v) is 7.34. The molecule has 1 spiro atoms. The second-order valence-electron chi connectivity index (χ2n) is 7.34. The van der Waals surface area contributed by atoms with Crippen molar-refractivity contribution in [3.63, 3.8) is 0 Å². The number of aliphatic hydroxyl groups is 1. The van der Waals surface area contributed by atoms with Gasteiger partial charge in [-0.1, -0.05) is 6.07 Å². The Kier molecular flexibility index (Phi) is 3.86. The molecule has 3 heterocycles. The molecule has 2 bridgehead atoms. The summed E-state index contributed by atoms with van der Waals surface area (Å²) in [6.07, 6.45) is 2.20. The number of nitrogens with zero attached hydrogens (tertiary/aromatic N) is 1. The number of rotatable bonds is 4. The molecule has 5 nitrogen and oxygen atoms in total. The van der Waals surface area contributed by atoms with Crippen LogP contribution in [0.1, 0.15) is 18.4 Å². The highest BCUT2D eigenvalue weighted by Gasteiger charge is 2.62. The van der Waals surface area contributed by atoms with E-state index in [0.717, 1.165) is 25.9 Å². The average Bonchev–Trinajstić information content (AvgIpc) is 3.18. The van der Waals surface area contributed by atoms with E-state index in [1.165, 1.54) is 6.07 Å². The van der Waals surface area contributed by atoms with Gasteiger partial charge in [0.2, 0.25) is 5.91 Å². The fraction of sp³-hybridized carbons (Fsp3) is 0.611. The third kappa shape index (κ3) is 2.44. The molecule has 2 N–H and O–H groups in total. The van der Waals surface area contributed by atoms with Gasteiger partial charge in [-0.05, 0) is 31.9 Å². The lowest BCUT2D eigenvalue weighted by molar-refractivity contribution is -0.117. The number of nitrogens with one attached hydrogen (secondary N) is 1. The molecule has 3 saturated heterocycles. The number of hydrogen-bond acceptors (Lipinski definition) is 4. The van der Waals surface area contributed by atoms with E-state index in [-0.39, 0.29) is 42.5 Å². The summed E-state index contributed by atoms with van der Waals surface area (Å²) < 4.78 is 19.7. The Bertz CT molecular complexity index is 668. The molecule has 24 heavy (non-hydrogen) atoms. The quantitative estimate of drug-likeness (QED) is 0.877. The molecule has 3 aliphatic rings. The van der Waals surface area contributed by atoms with Gasteiger partial charge in [0.25, 0.3) is 0 Å². The first-order valence-electron chi connectivity index (χ1n) is 8.58. The minimum atomic E-state index is -0.321. The van der Waals surface area contributed by atoms with E-state index < -0.39 is 0 Å². The highest BCUT2D eigenvalue weighted by Crippen LogP contribution is 2.54. The van der Waals surface area contributed by atoms with Crippen molar-refractivity contribution in [1.29, 1.82) is 0 Å². The highest BCUT2D eigenvalue weighted by molar-refractivity contribution is 5.93. The summed E-state index contributed by atoms with van der Waals surface area (Å²) in [5, 5.41) is 12.4. The number of anilines is 1. The third-order valence-electron chi connectivity index (χ3n) is 5.97. The third-order valence-corrected chi connectivity index (χ3v) is 5.97. The number of hydrogen-bond donors (Lipinski definition) is 2. The van der Waals surface area contributed by atoms with Gasteiger partial charge in [-0.25, -0.2) is 4.39 Å². The highest BCUT2D eigenvalue weighted by atomic mass is 19.1. The van der Waals surface area contributed by atoms with Crippen LogP contribution in [0.2, 0.25) is 0 Å². The Labute approximate surface area is 140 Å². The van der Waals surface area contributed by atoms with Gasteiger partial charge in [-0.3, -0.25) is 9.69 Å². The largest absolute Gasteiger partial charge is 0.396 e. The molecular formula is C18H23FN2O3. The van der Waals surface area contributed by atoms with Gasteiger partial charge in [-0.2, -0.15) is 0 Å². The lowest BCUT2D eigenvalue weighted by Gasteiger charge is -2.28. The summed E-state index contributed by atoms with van der Waals surface area (Å²) in [4.78, 5) is 14.4. The van der Waals surface area contributed by atoms with Crippen LogP contribution in [0.4, 0.5) is 10.1 Å². The molecule has 1 aromatic carbocycles. The first-order chi connectivity index (χ1) is 11.5. The Hall–Kier alpha value is -1.50. The van der Waals surface area contributed by atoms with E-state index in [4.69, 9.17) is 4.74 Å². The van der Waals surface area contributed by atoms with Crippen molar-refractivity contribution in [3.8, 4) is 0 Å². The van der Waals surface area contributed by atoms with Crippen LogP contribution in [0.25, 0.3) is 0 Å². The topological polar surface area (TPSA) is 61.8 Å². The zero-order chi connectivity index (χ0) is 16.9. The zero-order valence-corrected chi connectivity index (χ0v) is 13.8. The summed E-state index contributed by atoms with van der Waals surface area (Å²) in [6, 6.07) is 4.68. The summed E-state index contributed by atoms with van der Waals surface area (Å²) in [6.45, 7) is 3.58. The number of likely N-dealkylation sites (tertiary alicyclic amines) is 1. The molecule has 0 aliphatic carbocycles. The maximum absolute atomic E-state index is 13.6. The number of amides is 1. The molecule has 3 fully saturated rings. The molecule has 0 radical (unpaired) electrons.